The van der Waals surface area contributed by atoms with Crippen molar-refractivity contribution < 1.29 is 19.4 Å². The van der Waals surface area contributed by atoms with Crippen molar-refractivity contribution in [2.45, 2.75) is 6.92 Å². The summed E-state index contributed by atoms with van der Waals surface area (Å²) in [6, 6.07) is 9.47. The molecule has 0 aliphatic carbocycles. The van der Waals surface area contributed by atoms with Crippen molar-refractivity contribution in [2.75, 3.05) is 12.4 Å². The highest BCUT2D eigenvalue weighted by Crippen LogP contribution is 2.21. The first kappa shape index (κ1) is 14.5. The number of aromatic nitrogens is 1. The molecule has 2 aromatic rings. The van der Waals surface area contributed by atoms with Crippen molar-refractivity contribution in [1.82, 2.24) is 4.98 Å². The molecule has 0 bridgehead atoms. The molecule has 0 saturated carbocycles. The summed E-state index contributed by atoms with van der Waals surface area (Å²) in [5, 5.41) is 11.5. The van der Waals surface area contributed by atoms with Gasteiger partial charge in [0, 0.05) is 5.69 Å². The average molecular weight is 286 g/mol. The second kappa shape index (κ2) is 6.04. The van der Waals surface area contributed by atoms with Crippen LogP contribution in [0.3, 0.4) is 0 Å². The van der Waals surface area contributed by atoms with E-state index >= 15 is 0 Å². The van der Waals surface area contributed by atoms with Crippen LogP contribution in [0.1, 0.15) is 26.5 Å². The van der Waals surface area contributed by atoms with Gasteiger partial charge < -0.3 is 15.2 Å². The molecule has 1 amide bonds. The van der Waals surface area contributed by atoms with E-state index in [9.17, 15) is 9.59 Å². The number of hydrogen-bond donors (Lipinski definition) is 2. The number of hydrogen-bond acceptors (Lipinski definition) is 4. The second-order valence-electron chi connectivity index (χ2n) is 4.35. The van der Waals surface area contributed by atoms with Gasteiger partial charge in [-0.1, -0.05) is 6.07 Å². The predicted molar refractivity (Wildman–Crippen MR) is 76.9 cm³/mol. The van der Waals surface area contributed by atoms with E-state index in [1.54, 1.807) is 25.3 Å². The molecule has 0 fully saturated rings. The van der Waals surface area contributed by atoms with Crippen LogP contribution >= 0.6 is 0 Å². The fraction of sp³-hybridized carbons (Fsp3) is 0.133. The molecule has 1 aromatic carbocycles. The molecular weight excluding hydrogens is 272 g/mol. The molecule has 0 radical (unpaired) electrons. The van der Waals surface area contributed by atoms with Crippen molar-refractivity contribution in [2.24, 2.45) is 0 Å². The van der Waals surface area contributed by atoms with Gasteiger partial charge in [0.25, 0.3) is 5.91 Å². The largest absolute Gasteiger partial charge is 0.496 e. The number of carbonyl (C=O) groups is 2. The minimum Gasteiger partial charge on any atom is -0.496 e. The zero-order valence-electron chi connectivity index (χ0n) is 11.6. The van der Waals surface area contributed by atoms with Crippen LogP contribution in [-0.4, -0.2) is 29.1 Å². The number of nitrogens with one attached hydrogen (secondary N) is 1. The first-order valence-corrected chi connectivity index (χ1v) is 6.17. The van der Waals surface area contributed by atoms with E-state index in [2.05, 4.69) is 10.3 Å². The van der Waals surface area contributed by atoms with E-state index < -0.39 is 11.9 Å². The summed E-state index contributed by atoms with van der Waals surface area (Å²) in [5.41, 5.74) is 1.33. The summed E-state index contributed by atoms with van der Waals surface area (Å²) in [5.74, 6) is -0.924. The minimum atomic E-state index is -1.18. The number of aromatic carboxylic acids is 1. The molecule has 0 aliphatic heterocycles. The highest BCUT2D eigenvalue weighted by Gasteiger charge is 2.12. The van der Waals surface area contributed by atoms with Crippen LogP contribution in [0.25, 0.3) is 0 Å². The maximum atomic E-state index is 12.1. The topological polar surface area (TPSA) is 88.5 Å². The van der Waals surface area contributed by atoms with Gasteiger partial charge in [-0.3, -0.25) is 4.79 Å². The summed E-state index contributed by atoms with van der Waals surface area (Å²) in [4.78, 5) is 26.7. The molecule has 0 aliphatic rings. The highest BCUT2D eigenvalue weighted by atomic mass is 16.5. The van der Waals surface area contributed by atoms with Crippen molar-refractivity contribution in [1.29, 1.82) is 0 Å². The lowest BCUT2D eigenvalue weighted by molar-refractivity contribution is 0.0690. The minimum absolute atomic E-state index is 0.0448. The highest BCUT2D eigenvalue weighted by molar-refractivity contribution is 6.03. The van der Waals surface area contributed by atoms with Crippen molar-refractivity contribution in [3.8, 4) is 5.75 Å². The van der Waals surface area contributed by atoms with Gasteiger partial charge in [0.15, 0.2) is 0 Å². The zero-order valence-corrected chi connectivity index (χ0v) is 11.6. The summed E-state index contributed by atoms with van der Waals surface area (Å²) >= 11 is 0. The van der Waals surface area contributed by atoms with E-state index in [0.29, 0.717) is 5.69 Å². The number of pyridine rings is 1. The first-order valence-electron chi connectivity index (χ1n) is 6.17. The number of rotatable bonds is 4. The molecule has 0 saturated heterocycles. The molecule has 0 unspecified atom stereocenters. The monoisotopic (exact) mass is 286 g/mol. The Morgan fingerprint density at radius 3 is 2.52 bits per heavy atom. The molecule has 2 N–H and O–H groups in total. The van der Waals surface area contributed by atoms with Gasteiger partial charge in [0.1, 0.15) is 17.1 Å². The number of ether oxygens (including phenoxy) is 1. The van der Waals surface area contributed by atoms with Gasteiger partial charge in [0.05, 0.1) is 7.11 Å². The smallest absolute Gasteiger partial charge is 0.354 e. The van der Waals surface area contributed by atoms with Crippen LogP contribution in [0.15, 0.2) is 36.4 Å². The molecule has 1 heterocycles. The number of nitrogens with zero attached hydrogens (tertiary/aromatic N) is 1. The Kier molecular flexibility index (Phi) is 4.18. The summed E-state index contributed by atoms with van der Waals surface area (Å²) in [6.07, 6.45) is 0. The Morgan fingerprint density at radius 1 is 1.19 bits per heavy atom. The van der Waals surface area contributed by atoms with Gasteiger partial charge in [0.2, 0.25) is 0 Å². The third-order valence-electron chi connectivity index (χ3n) is 2.85. The van der Waals surface area contributed by atoms with Crippen molar-refractivity contribution in [3.05, 3.63) is 53.3 Å². The number of benzene rings is 1. The third kappa shape index (κ3) is 3.36. The van der Waals surface area contributed by atoms with E-state index in [0.717, 1.165) is 11.3 Å². The maximum absolute atomic E-state index is 12.1. The summed E-state index contributed by atoms with van der Waals surface area (Å²) < 4.78 is 5.14. The Hall–Kier alpha value is -2.89. The van der Waals surface area contributed by atoms with Crippen LogP contribution in [0.2, 0.25) is 0 Å². The average Bonchev–Trinajstić information content (AvgIpc) is 2.47. The SMILES string of the molecule is COc1ccc(NC(=O)c2cccc(C(=O)O)n2)cc1C. The van der Waals surface area contributed by atoms with Gasteiger partial charge in [-0.15, -0.1) is 0 Å². The second-order valence-corrected chi connectivity index (χ2v) is 4.35. The summed E-state index contributed by atoms with van der Waals surface area (Å²) in [6.45, 7) is 1.86. The first-order chi connectivity index (χ1) is 10.0. The quantitative estimate of drug-likeness (QED) is 0.900. The normalized spacial score (nSPS) is 10.0. The van der Waals surface area contributed by atoms with Crippen LogP contribution in [0, 0.1) is 6.92 Å². The van der Waals surface area contributed by atoms with Crippen LogP contribution < -0.4 is 10.1 Å². The number of anilines is 1. The van der Waals surface area contributed by atoms with E-state index in [-0.39, 0.29) is 11.4 Å². The molecule has 6 nitrogen and oxygen atoms in total. The number of carboxylic acids is 1. The van der Waals surface area contributed by atoms with Crippen molar-refractivity contribution >= 4 is 17.6 Å². The van der Waals surface area contributed by atoms with Gasteiger partial charge in [-0.05, 0) is 42.8 Å². The van der Waals surface area contributed by atoms with Gasteiger partial charge >= 0.3 is 5.97 Å². The zero-order chi connectivity index (χ0) is 15.4. The number of carbonyl (C=O) groups excluding carboxylic acids is 1. The van der Waals surface area contributed by atoms with Crippen LogP contribution in [-0.2, 0) is 0 Å². The maximum Gasteiger partial charge on any atom is 0.354 e. The van der Waals surface area contributed by atoms with E-state index in [1.807, 2.05) is 6.92 Å². The third-order valence-corrected chi connectivity index (χ3v) is 2.85. The number of aryl methyl sites for hydroxylation is 1. The standard InChI is InChI=1S/C15H14N2O4/c1-9-8-10(6-7-13(9)21-2)16-14(18)11-4-3-5-12(17-11)15(19)20/h3-8H,1-2H3,(H,16,18)(H,19,20). The summed E-state index contributed by atoms with van der Waals surface area (Å²) in [7, 11) is 1.57. The molecule has 1 aromatic heterocycles. The van der Waals surface area contributed by atoms with E-state index in [1.165, 1.54) is 18.2 Å². The number of methoxy groups -OCH3 is 1. The van der Waals surface area contributed by atoms with Gasteiger partial charge in [-0.25, -0.2) is 9.78 Å². The van der Waals surface area contributed by atoms with Gasteiger partial charge in [-0.2, -0.15) is 0 Å². The fourth-order valence-corrected chi connectivity index (χ4v) is 1.83. The Morgan fingerprint density at radius 2 is 1.90 bits per heavy atom. The lowest BCUT2D eigenvalue weighted by Gasteiger charge is -2.09. The Labute approximate surface area is 121 Å². The Bertz CT molecular complexity index is 698. The number of carboxylic acid groups (broad SMARTS) is 1. The van der Waals surface area contributed by atoms with Crippen LogP contribution in [0.5, 0.6) is 5.75 Å². The molecule has 2 rings (SSSR count). The molecular formula is C15H14N2O4. The lowest BCUT2D eigenvalue weighted by atomic mass is 10.2. The van der Waals surface area contributed by atoms with Crippen molar-refractivity contribution in [3.63, 3.8) is 0 Å². The molecule has 0 atom stereocenters. The van der Waals surface area contributed by atoms with Crippen LogP contribution in [0.4, 0.5) is 5.69 Å². The molecule has 0 spiro atoms. The predicted octanol–water partition coefficient (Wildman–Crippen LogP) is 2.35. The molecule has 6 heteroatoms. The fourth-order valence-electron chi connectivity index (χ4n) is 1.83. The lowest BCUT2D eigenvalue weighted by Crippen LogP contribution is -2.15. The molecule has 21 heavy (non-hydrogen) atoms. The number of amides is 1. The van der Waals surface area contributed by atoms with E-state index in [4.69, 9.17) is 9.84 Å². The Balaban J connectivity index is 2.20. The molecule has 108 valence electrons.